The Kier molecular flexibility index (Phi) is 4.70. The van der Waals surface area contributed by atoms with E-state index in [0.29, 0.717) is 11.1 Å². The average molecular weight is 279 g/mol. The van der Waals surface area contributed by atoms with E-state index in [4.69, 9.17) is 5.26 Å². The molecule has 0 aliphatic heterocycles. The molecule has 0 bridgehead atoms. The van der Waals surface area contributed by atoms with E-state index in [9.17, 15) is 4.79 Å². The Morgan fingerprint density at radius 1 is 1.19 bits per heavy atom. The van der Waals surface area contributed by atoms with Crippen molar-refractivity contribution in [3.63, 3.8) is 0 Å². The SMILES string of the molecule is CN(C)Cc1ccc(NC(=O)c2cccc(C#N)c2)cc1. The molecule has 0 heterocycles. The number of nitrogens with one attached hydrogen (secondary N) is 1. The van der Waals surface area contributed by atoms with Gasteiger partial charge >= 0.3 is 0 Å². The minimum absolute atomic E-state index is 0.215. The number of hydrogen-bond acceptors (Lipinski definition) is 3. The number of carbonyl (C=O) groups excluding carboxylic acids is 1. The van der Waals surface area contributed by atoms with Gasteiger partial charge in [-0.15, -0.1) is 0 Å². The summed E-state index contributed by atoms with van der Waals surface area (Å²) in [5.41, 5.74) is 2.88. The summed E-state index contributed by atoms with van der Waals surface area (Å²) in [5, 5.41) is 11.7. The number of nitrogens with zero attached hydrogens (tertiary/aromatic N) is 2. The highest BCUT2D eigenvalue weighted by atomic mass is 16.1. The average Bonchev–Trinajstić information content (AvgIpc) is 2.49. The van der Waals surface area contributed by atoms with Gasteiger partial charge < -0.3 is 10.2 Å². The van der Waals surface area contributed by atoms with Crippen molar-refractivity contribution in [3.8, 4) is 6.07 Å². The molecule has 0 radical (unpaired) electrons. The van der Waals surface area contributed by atoms with Crippen LogP contribution in [0.4, 0.5) is 5.69 Å². The molecule has 0 saturated heterocycles. The van der Waals surface area contributed by atoms with E-state index in [-0.39, 0.29) is 5.91 Å². The number of nitriles is 1. The van der Waals surface area contributed by atoms with Crippen LogP contribution in [0.5, 0.6) is 0 Å². The maximum absolute atomic E-state index is 12.1. The maximum Gasteiger partial charge on any atom is 0.255 e. The normalized spacial score (nSPS) is 10.2. The number of anilines is 1. The molecular weight excluding hydrogens is 262 g/mol. The Hall–Kier alpha value is -2.64. The van der Waals surface area contributed by atoms with Gasteiger partial charge in [0, 0.05) is 17.8 Å². The van der Waals surface area contributed by atoms with Crippen molar-refractivity contribution in [2.45, 2.75) is 6.54 Å². The molecule has 0 spiro atoms. The van der Waals surface area contributed by atoms with Gasteiger partial charge in [-0.05, 0) is 50.0 Å². The van der Waals surface area contributed by atoms with Crippen LogP contribution >= 0.6 is 0 Å². The minimum Gasteiger partial charge on any atom is -0.322 e. The summed E-state index contributed by atoms with van der Waals surface area (Å²) in [4.78, 5) is 14.2. The van der Waals surface area contributed by atoms with Gasteiger partial charge in [-0.1, -0.05) is 18.2 Å². The zero-order valence-corrected chi connectivity index (χ0v) is 12.1. The Morgan fingerprint density at radius 2 is 1.90 bits per heavy atom. The number of carbonyl (C=O) groups is 1. The largest absolute Gasteiger partial charge is 0.322 e. The fraction of sp³-hybridized carbons (Fsp3) is 0.176. The van der Waals surface area contributed by atoms with Crippen molar-refractivity contribution in [1.82, 2.24) is 4.90 Å². The Labute approximate surface area is 124 Å². The molecular formula is C17H17N3O. The summed E-state index contributed by atoms with van der Waals surface area (Å²) in [5.74, 6) is -0.215. The second-order valence-electron chi connectivity index (χ2n) is 5.08. The topological polar surface area (TPSA) is 56.1 Å². The third-order valence-corrected chi connectivity index (χ3v) is 2.96. The summed E-state index contributed by atoms with van der Waals surface area (Å²) in [7, 11) is 4.02. The van der Waals surface area contributed by atoms with E-state index in [1.807, 2.05) is 44.4 Å². The Morgan fingerprint density at radius 3 is 2.52 bits per heavy atom. The third-order valence-electron chi connectivity index (χ3n) is 2.96. The van der Waals surface area contributed by atoms with Gasteiger partial charge in [0.25, 0.3) is 5.91 Å². The predicted molar refractivity (Wildman–Crippen MR) is 82.9 cm³/mol. The Bertz CT molecular complexity index is 669. The van der Waals surface area contributed by atoms with Crippen molar-refractivity contribution in [3.05, 3.63) is 65.2 Å². The van der Waals surface area contributed by atoms with Crippen LogP contribution in [0.15, 0.2) is 48.5 Å². The van der Waals surface area contributed by atoms with E-state index in [0.717, 1.165) is 12.2 Å². The molecule has 106 valence electrons. The molecule has 0 aliphatic carbocycles. The van der Waals surface area contributed by atoms with Gasteiger partial charge in [0.1, 0.15) is 0 Å². The van der Waals surface area contributed by atoms with Gasteiger partial charge in [-0.3, -0.25) is 4.79 Å². The van der Waals surface area contributed by atoms with Crippen LogP contribution < -0.4 is 5.32 Å². The molecule has 2 aromatic carbocycles. The highest BCUT2D eigenvalue weighted by Crippen LogP contribution is 2.13. The van der Waals surface area contributed by atoms with Gasteiger partial charge in [0.05, 0.1) is 11.6 Å². The standard InChI is InChI=1S/C17H17N3O/c1-20(2)12-13-6-8-16(9-7-13)19-17(21)15-5-3-4-14(10-15)11-18/h3-10H,12H2,1-2H3,(H,19,21). The van der Waals surface area contributed by atoms with Crippen LogP contribution in [0.25, 0.3) is 0 Å². The number of amides is 1. The van der Waals surface area contributed by atoms with Crippen LogP contribution in [-0.4, -0.2) is 24.9 Å². The lowest BCUT2D eigenvalue weighted by molar-refractivity contribution is 0.102. The Balaban J connectivity index is 2.07. The van der Waals surface area contributed by atoms with Crippen molar-refractivity contribution >= 4 is 11.6 Å². The van der Waals surface area contributed by atoms with Crippen LogP contribution in [0.3, 0.4) is 0 Å². The minimum atomic E-state index is -0.215. The van der Waals surface area contributed by atoms with Crippen molar-refractivity contribution in [2.75, 3.05) is 19.4 Å². The molecule has 0 fully saturated rings. The molecule has 0 atom stereocenters. The molecule has 2 rings (SSSR count). The zero-order chi connectivity index (χ0) is 15.2. The van der Waals surface area contributed by atoms with Gasteiger partial charge in [0.15, 0.2) is 0 Å². The first-order valence-electron chi connectivity index (χ1n) is 6.63. The molecule has 2 aromatic rings. The zero-order valence-electron chi connectivity index (χ0n) is 12.1. The first-order valence-corrected chi connectivity index (χ1v) is 6.63. The van der Waals surface area contributed by atoms with Crippen LogP contribution in [0.2, 0.25) is 0 Å². The molecule has 4 nitrogen and oxygen atoms in total. The van der Waals surface area contributed by atoms with E-state index < -0.39 is 0 Å². The smallest absolute Gasteiger partial charge is 0.255 e. The first-order chi connectivity index (χ1) is 10.1. The molecule has 1 amide bonds. The second kappa shape index (κ2) is 6.69. The number of hydrogen-bond donors (Lipinski definition) is 1. The third kappa shape index (κ3) is 4.16. The highest BCUT2D eigenvalue weighted by Gasteiger charge is 2.06. The first kappa shape index (κ1) is 14.8. The maximum atomic E-state index is 12.1. The van der Waals surface area contributed by atoms with Crippen molar-refractivity contribution < 1.29 is 4.79 Å². The fourth-order valence-corrected chi connectivity index (χ4v) is 1.99. The second-order valence-corrected chi connectivity index (χ2v) is 5.08. The lowest BCUT2D eigenvalue weighted by Crippen LogP contribution is -2.13. The van der Waals surface area contributed by atoms with Crippen molar-refractivity contribution in [1.29, 1.82) is 5.26 Å². The van der Waals surface area contributed by atoms with Gasteiger partial charge in [0.2, 0.25) is 0 Å². The summed E-state index contributed by atoms with van der Waals surface area (Å²) in [6.45, 7) is 0.860. The molecule has 21 heavy (non-hydrogen) atoms. The lowest BCUT2D eigenvalue weighted by atomic mass is 10.1. The summed E-state index contributed by atoms with van der Waals surface area (Å²) < 4.78 is 0. The molecule has 4 heteroatoms. The summed E-state index contributed by atoms with van der Waals surface area (Å²) >= 11 is 0. The summed E-state index contributed by atoms with van der Waals surface area (Å²) in [6.07, 6.45) is 0. The van der Waals surface area contributed by atoms with E-state index in [2.05, 4.69) is 10.2 Å². The van der Waals surface area contributed by atoms with Crippen LogP contribution in [-0.2, 0) is 6.54 Å². The molecule has 1 N–H and O–H groups in total. The number of benzene rings is 2. The molecule has 0 aromatic heterocycles. The quantitative estimate of drug-likeness (QED) is 0.936. The summed E-state index contributed by atoms with van der Waals surface area (Å²) in [6, 6.07) is 16.4. The van der Waals surface area contributed by atoms with E-state index in [1.54, 1.807) is 24.3 Å². The molecule has 0 unspecified atom stereocenters. The molecule has 0 aliphatic rings. The monoisotopic (exact) mass is 279 g/mol. The van der Waals surface area contributed by atoms with Gasteiger partial charge in [-0.2, -0.15) is 5.26 Å². The number of rotatable bonds is 4. The lowest BCUT2D eigenvalue weighted by Gasteiger charge is -2.10. The predicted octanol–water partition coefficient (Wildman–Crippen LogP) is 2.87. The van der Waals surface area contributed by atoms with E-state index >= 15 is 0 Å². The van der Waals surface area contributed by atoms with Crippen molar-refractivity contribution in [2.24, 2.45) is 0 Å². The molecule has 0 saturated carbocycles. The van der Waals surface area contributed by atoms with Crippen LogP contribution in [0.1, 0.15) is 21.5 Å². The van der Waals surface area contributed by atoms with E-state index in [1.165, 1.54) is 5.56 Å². The van der Waals surface area contributed by atoms with Gasteiger partial charge in [-0.25, -0.2) is 0 Å². The van der Waals surface area contributed by atoms with Crippen LogP contribution in [0, 0.1) is 11.3 Å². The highest BCUT2D eigenvalue weighted by molar-refractivity contribution is 6.04. The fourth-order valence-electron chi connectivity index (χ4n) is 1.99.